The van der Waals surface area contributed by atoms with Crippen LogP contribution in [0.1, 0.15) is 43.6 Å². The summed E-state index contributed by atoms with van der Waals surface area (Å²) in [5.74, 6) is 0.168. The zero-order valence-electron chi connectivity index (χ0n) is 16.6. The molecule has 0 bridgehead atoms. The Morgan fingerprint density at radius 2 is 1.82 bits per heavy atom. The van der Waals surface area contributed by atoms with Crippen LogP contribution in [0, 0.1) is 5.82 Å². The summed E-state index contributed by atoms with van der Waals surface area (Å²) >= 11 is 0. The highest BCUT2D eigenvalue weighted by atomic mass is 19.1. The minimum atomic E-state index is -0.980. The van der Waals surface area contributed by atoms with Crippen molar-refractivity contribution in [2.75, 3.05) is 26.2 Å². The average Bonchev–Trinajstić information content (AvgIpc) is 2.72. The van der Waals surface area contributed by atoms with Gasteiger partial charge in [0.25, 0.3) is 0 Å². The van der Waals surface area contributed by atoms with E-state index in [0.717, 1.165) is 12.0 Å². The van der Waals surface area contributed by atoms with Gasteiger partial charge in [-0.1, -0.05) is 48.5 Å². The highest BCUT2D eigenvalue weighted by molar-refractivity contribution is 5.79. The van der Waals surface area contributed by atoms with Crippen LogP contribution in [0.25, 0.3) is 0 Å². The van der Waals surface area contributed by atoms with Gasteiger partial charge in [0.1, 0.15) is 11.9 Å². The number of rotatable bonds is 10. The molecule has 0 fully saturated rings. The number of nitrogens with zero attached hydrogens (tertiary/aromatic N) is 1. The number of aliphatic imine (C=N–C) groups is 1. The Kier molecular flexibility index (Phi) is 9.45. The average molecular weight is 387 g/mol. The van der Waals surface area contributed by atoms with E-state index in [0.29, 0.717) is 25.7 Å². The summed E-state index contributed by atoms with van der Waals surface area (Å²) < 4.78 is 19.6. The molecule has 2 rings (SSSR count). The summed E-state index contributed by atoms with van der Waals surface area (Å²) in [6, 6.07) is 16.3. The van der Waals surface area contributed by atoms with Crippen molar-refractivity contribution < 1.29 is 14.2 Å². The van der Waals surface area contributed by atoms with Crippen LogP contribution in [0.3, 0.4) is 0 Å². The maximum Gasteiger partial charge on any atom is 0.191 e. The van der Waals surface area contributed by atoms with Gasteiger partial charge in [-0.05, 0) is 31.9 Å². The molecular formula is C22H30FN3O2. The van der Waals surface area contributed by atoms with Gasteiger partial charge < -0.3 is 20.5 Å². The van der Waals surface area contributed by atoms with Crippen molar-refractivity contribution >= 4 is 5.96 Å². The Bertz CT molecular complexity index is 725. The van der Waals surface area contributed by atoms with Crippen molar-refractivity contribution in [2.45, 2.75) is 32.5 Å². The molecule has 0 aliphatic heterocycles. The molecule has 5 nitrogen and oxygen atoms in total. The summed E-state index contributed by atoms with van der Waals surface area (Å²) in [6.07, 6.45) is -0.108. The van der Waals surface area contributed by atoms with Crippen LogP contribution in [0.2, 0.25) is 0 Å². The van der Waals surface area contributed by atoms with Crippen molar-refractivity contribution in [3.05, 3.63) is 71.5 Å². The number of aliphatic hydroxyl groups excluding tert-OH is 1. The van der Waals surface area contributed by atoms with Gasteiger partial charge in [-0.2, -0.15) is 0 Å². The third-order valence-corrected chi connectivity index (χ3v) is 4.28. The quantitative estimate of drug-likeness (QED) is 0.331. The Morgan fingerprint density at radius 1 is 1.11 bits per heavy atom. The minimum Gasteiger partial charge on any atom is -0.386 e. The molecule has 0 saturated carbocycles. The Morgan fingerprint density at radius 3 is 2.54 bits per heavy atom. The molecule has 0 aromatic heterocycles. The van der Waals surface area contributed by atoms with Gasteiger partial charge in [0, 0.05) is 25.3 Å². The van der Waals surface area contributed by atoms with Crippen LogP contribution >= 0.6 is 0 Å². The highest BCUT2D eigenvalue weighted by Gasteiger charge is 2.12. The van der Waals surface area contributed by atoms with E-state index in [4.69, 9.17) is 4.74 Å². The molecule has 2 aromatic carbocycles. The summed E-state index contributed by atoms with van der Waals surface area (Å²) in [5, 5.41) is 16.5. The molecular weight excluding hydrogens is 357 g/mol. The lowest BCUT2D eigenvalue weighted by atomic mass is 10.1. The molecule has 0 aliphatic rings. The zero-order chi connectivity index (χ0) is 20.2. The van der Waals surface area contributed by atoms with Crippen molar-refractivity contribution in [1.82, 2.24) is 10.6 Å². The standard InChI is InChI=1S/C22H30FN3O2/c1-3-24-22(26-16-21(27)19-12-7-8-13-20(19)23)25-14-9-15-28-17(2)18-10-5-4-6-11-18/h4-8,10-13,17,21,27H,3,9,14-16H2,1-2H3,(H2,24,25,26). The van der Waals surface area contributed by atoms with E-state index < -0.39 is 11.9 Å². The zero-order valence-corrected chi connectivity index (χ0v) is 16.6. The fourth-order valence-corrected chi connectivity index (χ4v) is 2.72. The van der Waals surface area contributed by atoms with Gasteiger partial charge in [-0.15, -0.1) is 0 Å². The molecule has 28 heavy (non-hydrogen) atoms. The van der Waals surface area contributed by atoms with Crippen molar-refractivity contribution in [3.63, 3.8) is 0 Å². The van der Waals surface area contributed by atoms with Gasteiger partial charge in [-0.3, -0.25) is 4.99 Å². The maximum atomic E-state index is 13.7. The second-order valence-electron chi connectivity index (χ2n) is 6.46. The van der Waals surface area contributed by atoms with Crippen LogP contribution in [0.15, 0.2) is 59.6 Å². The highest BCUT2D eigenvalue weighted by Crippen LogP contribution is 2.17. The third kappa shape index (κ3) is 7.29. The van der Waals surface area contributed by atoms with E-state index in [1.54, 1.807) is 18.2 Å². The predicted molar refractivity (Wildman–Crippen MR) is 111 cm³/mol. The number of benzene rings is 2. The lowest BCUT2D eigenvalue weighted by Crippen LogP contribution is -2.38. The SMILES string of the molecule is CCNC(=NCC(O)c1ccccc1F)NCCCOC(C)c1ccccc1. The first-order valence-corrected chi connectivity index (χ1v) is 9.73. The molecule has 0 amide bonds. The fraction of sp³-hybridized carbons (Fsp3) is 0.409. The lowest BCUT2D eigenvalue weighted by molar-refractivity contribution is 0.0646. The van der Waals surface area contributed by atoms with Crippen LogP contribution in [-0.4, -0.2) is 37.3 Å². The molecule has 3 N–H and O–H groups in total. The molecule has 0 radical (unpaired) electrons. The normalized spacial score (nSPS) is 13.8. The first-order valence-electron chi connectivity index (χ1n) is 9.73. The monoisotopic (exact) mass is 387 g/mol. The first kappa shape index (κ1) is 21.9. The molecule has 152 valence electrons. The third-order valence-electron chi connectivity index (χ3n) is 4.28. The molecule has 0 heterocycles. The molecule has 2 atom stereocenters. The summed E-state index contributed by atoms with van der Waals surface area (Å²) in [7, 11) is 0. The van der Waals surface area contributed by atoms with Crippen LogP contribution in [0.5, 0.6) is 0 Å². The largest absolute Gasteiger partial charge is 0.386 e. The van der Waals surface area contributed by atoms with E-state index in [1.165, 1.54) is 6.07 Å². The van der Waals surface area contributed by atoms with Crippen molar-refractivity contribution in [2.24, 2.45) is 4.99 Å². The maximum absolute atomic E-state index is 13.7. The van der Waals surface area contributed by atoms with E-state index in [1.807, 2.05) is 32.0 Å². The van der Waals surface area contributed by atoms with Crippen LogP contribution in [-0.2, 0) is 4.74 Å². The second kappa shape index (κ2) is 12.1. The van der Waals surface area contributed by atoms with Crippen LogP contribution in [0.4, 0.5) is 4.39 Å². The number of aliphatic hydroxyl groups is 1. The number of ether oxygens (including phenoxy) is 1. The molecule has 6 heteroatoms. The van der Waals surface area contributed by atoms with E-state index >= 15 is 0 Å². The number of guanidine groups is 1. The van der Waals surface area contributed by atoms with Gasteiger partial charge in [-0.25, -0.2) is 4.39 Å². The Labute approximate surface area is 166 Å². The molecule has 2 unspecified atom stereocenters. The molecule has 0 aliphatic carbocycles. The Balaban J connectivity index is 1.74. The molecule has 0 saturated heterocycles. The van der Waals surface area contributed by atoms with Gasteiger partial charge >= 0.3 is 0 Å². The van der Waals surface area contributed by atoms with Crippen molar-refractivity contribution in [1.29, 1.82) is 0 Å². The van der Waals surface area contributed by atoms with Gasteiger partial charge in [0.2, 0.25) is 0 Å². The number of hydrogen-bond donors (Lipinski definition) is 3. The predicted octanol–water partition coefficient (Wildman–Crippen LogP) is 3.58. The van der Waals surface area contributed by atoms with Crippen LogP contribution < -0.4 is 10.6 Å². The first-order chi connectivity index (χ1) is 13.6. The van der Waals surface area contributed by atoms with E-state index in [-0.39, 0.29) is 18.2 Å². The number of halogens is 1. The summed E-state index contributed by atoms with van der Waals surface area (Å²) in [4.78, 5) is 4.35. The topological polar surface area (TPSA) is 65.9 Å². The number of hydrogen-bond acceptors (Lipinski definition) is 3. The number of nitrogens with one attached hydrogen (secondary N) is 2. The molecule has 0 spiro atoms. The van der Waals surface area contributed by atoms with E-state index in [9.17, 15) is 9.50 Å². The second-order valence-corrected chi connectivity index (χ2v) is 6.46. The smallest absolute Gasteiger partial charge is 0.191 e. The summed E-state index contributed by atoms with van der Waals surface area (Å²) in [5.41, 5.74) is 1.41. The minimum absolute atomic E-state index is 0.0546. The molecule has 2 aromatic rings. The lowest BCUT2D eigenvalue weighted by Gasteiger charge is -2.15. The van der Waals surface area contributed by atoms with Crippen molar-refractivity contribution in [3.8, 4) is 0 Å². The Hall–Kier alpha value is -2.44. The fourth-order valence-electron chi connectivity index (χ4n) is 2.72. The van der Waals surface area contributed by atoms with Gasteiger partial charge in [0.05, 0.1) is 12.6 Å². The summed E-state index contributed by atoms with van der Waals surface area (Å²) in [6.45, 7) is 6.10. The van der Waals surface area contributed by atoms with E-state index in [2.05, 4.69) is 27.8 Å². The van der Waals surface area contributed by atoms with Gasteiger partial charge in [0.15, 0.2) is 5.96 Å².